The molecule has 5 nitrogen and oxygen atoms in total. The molecular weight excluding hydrogens is 242 g/mol. The standard InChI is InChI=1S/C11H14BFO5/c1-17-11(14)5-3-8-2-4-10(9(13)6-8)18-7-12(15)16/h2,4,6,15-16H,3,5,7H2,1H3. The Labute approximate surface area is 104 Å². The molecule has 0 saturated heterocycles. The van der Waals surface area contributed by atoms with Crippen molar-refractivity contribution in [2.24, 2.45) is 0 Å². The predicted molar refractivity (Wildman–Crippen MR) is 62.4 cm³/mol. The Morgan fingerprint density at radius 2 is 2.17 bits per heavy atom. The fourth-order valence-corrected chi connectivity index (χ4v) is 1.33. The number of benzene rings is 1. The van der Waals surface area contributed by atoms with Gasteiger partial charge in [-0.1, -0.05) is 6.07 Å². The van der Waals surface area contributed by atoms with Gasteiger partial charge in [-0.25, -0.2) is 4.39 Å². The van der Waals surface area contributed by atoms with E-state index in [0.29, 0.717) is 12.0 Å². The molecule has 0 bridgehead atoms. The average molecular weight is 256 g/mol. The highest BCUT2D eigenvalue weighted by atomic mass is 19.1. The van der Waals surface area contributed by atoms with Gasteiger partial charge in [0, 0.05) is 6.42 Å². The van der Waals surface area contributed by atoms with Crippen LogP contribution >= 0.6 is 0 Å². The molecule has 0 spiro atoms. The van der Waals surface area contributed by atoms with Crippen molar-refractivity contribution in [3.05, 3.63) is 29.6 Å². The average Bonchev–Trinajstić information content (AvgIpc) is 2.34. The van der Waals surface area contributed by atoms with Crippen LogP contribution in [0.3, 0.4) is 0 Å². The molecule has 0 aliphatic rings. The quantitative estimate of drug-likeness (QED) is 0.566. The van der Waals surface area contributed by atoms with Gasteiger partial charge in [0.15, 0.2) is 11.6 Å². The summed E-state index contributed by atoms with van der Waals surface area (Å²) in [7, 11) is -0.358. The molecule has 0 saturated carbocycles. The van der Waals surface area contributed by atoms with E-state index < -0.39 is 19.4 Å². The molecule has 1 aromatic carbocycles. The van der Waals surface area contributed by atoms with Crippen LogP contribution in [0.2, 0.25) is 0 Å². The minimum Gasteiger partial charge on any atom is -0.493 e. The summed E-state index contributed by atoms with van der Waals surface area (Å²) in [5.41, 5.74) is 0.634. The van der Waals surface area contributed by atoms with Gasteiger partial charge in [-0.3, -0.25) is 4.79 Å². The van der Waals surface area contributed by atoms with Crippen molar-refractivity contribution in [3.8, 4) is 5.75 Å². The van der Waals surface area contributed by atoms with Gasteiger partial charge in [-0.2, -0.15) is 0 Å². The molecule has 0 heterocycles. The summed E-state index contributed by atoms with van der Waals surface area (Å²) in [4.78, 5) is 10.9. The summed E-state index contributed by atoms with van der Waals surface area (Å²) in [6, 6.07) is 4.22. The van der Waals surface area contributed by atoms with Gasteiger partial charge >= 0.3 is 13.1 Å². The van der Waals surface area contributed by atoms with E-state index in [0.717, 1.165) is 0 Å². The minimum atomic E-state index is -1.65. The Morgan fingerprint density at radius 3 is 2.72 bits per heavy atom. The number of rotatable bonds is 6. The molecule has 0 unspecified atom stereocenters. The second kappa shape index (κ2) is 6.98. The van der Waals surface area contributed by atoms with E-state index in [9.17, 15) is 9.18 Å². The normalized spacial score (nSPS) is 10.0. The SMILES string of the molecule is COC(=O)CCc1ccc(OCB(O)O)c(F)c1. The van der Waals surface area contributed by atoms with Crippen LogP contribution in [-0.2, 0) is 16.0 Å². The number of halogens is 1. The lowest BCUT2D eigenvalue weighted by Crippen LogP contribution is -2.22. The molecule has 0 amide bonds. The number of carbonyl (C=O) groups excluding carboxylic acids is 1. The first-order valence-electron chi connectivity index (χ1n) is 5.37. The van der Waals surface area contributed by atoms with Crippen LogP contribution in [0.4, 0.5) is 4.39 Å². The van der Waals surface area contributed by atoms with E-state index in [1.54, 1.807) is 6.07 Å². The first-order valence-corrected chi connectivity index (χ1v) is 5.37. The molecule has 0 atom stereocenters. The maximum Gasteiger partial charge on any atom is 0.491 e. The number of hydrogen-bond donors (Lipinski definition) is 2. The Bertz CT molecular complexity index is 410. The van der Waals surface area contributed by atoms with E-state index >= 15 is 0 Å². The fourth-order valence-electron chi connectivity index (χ4n) is 1.33. The van der Waals surface area contributed by atoms with E-state index in [4.69, 9.17) is 14.8 Å². The summed E-state index contributed by atoms with van der Waals surface area (Å²) in [6.45, 7) is -0.404. The first kappa shape index (κ1) is 14.5. The highest BCUT2D eigenvalue weighted by molar-refractivity contribution is 6.40. The molecular formula is C11H14BFO5. The van der Waals surface area contributed by atoms with Crippen LogP contribution in [0, 0.1) is 5.82 Å². The van der Waals surface area contributed by atoms with E-state index in [2.05, 4.69) is 4.74 Å². The molecule has 0 fully saturated rings. The largest absolute Gasteiger partial charge is 0.493 e. The van der Waals surface area contributed by atoms with Gasteiger partial charge in [0.05, 0.1) is 7.11 Å². The zero-order chi connectivity index (χ0) is 13.5. The Kier molecular flexibility index (Phi) is 5.61. The second-order valence-electron chi connectivity index (χ2n) is 3.63. The Hall–Kier alpha value is -1.60. The molecule has 0 aromatic heterocycles. The summed E-state index contributed by atoms with van der Waals surface area (Å²) in [6.07, 6.45) is 0.540. The van der Waals surface area contributed by atoms with Crippen molar-refractivity contribution >= 4 is 13.1 Å². The fraction of sp³-hybridized carbons (Fsp3) is 0.364. The number of methoxy groups -OCH3 is 1. The van der Waals surface area contributed by atoms with Crippen molar-refractivity contribution in [3.63, 3.8) is 0 Å². The van der Waals surface area contributed by atoms with Crippen LogP contribution in [0.25, 0.3) is 0 Å². The highest BCUT2D eigenvalue weighted by Crippen LogP contribution is 2.19. The van der Waals surface area contributed by atoms with Gasteiger partial charge in [0.1, 0.15) is 6.51 Å². The molecule has 7 heteroatoms. The van der Waals surface area contributed by atoms with Gasteiger partial charge < -0.3 is 19.5 Å². The van der Waals surface area contributed by atoms with Crippen molar-refractivity contribution in [1.29, 1.82) is 0 Å². The Morgan fingerprint density at radius 1 is 1.44 bits per heavy atom. The Balaban J connectivity index is 2.58. The predicted octanol–water partition coefficient (Wildman–Crippen LogP) is 0.322. The molecule has 1 aromatic rings. The monoisotopic (exact) mass is 256 g/mol. The number of hydrogen-bond acceptors (Lipinski definition) is 5. The molecule has 98 valence electrons. The lowest BCUT2D eigenvalue weighted by Gasteiger charge is -2.08. The zero-order valence-electron chi connectivity index (χ0n) is 9.93. The summed E-state index contributed by atoms with van der Waals surface area (Å²) < 4.78 is 22.8. The van der Waals surface area contributed by atoms with E-state index in [-0.39, 0.29) is 18.1 Å². The highest BCUT2D eigenvalue weighted by Gasteiger charge is 2.11. The molecule has 2 N–H and O–H groups in total. The number of aryl methyl sites for hydroxylation is 1. The topological polar surface area (TPSA) is 76.0 Å². The second-order valence-corrected chi connectivity index (χ2v) is 3.63. The van der Waals surface area contributed by atoms with Crippen molar-refractivity contribution in [2.45, 2.75) is 12.8 Å². The van der Waals surface area contributed by atoms with Gasteiger partial charge in [-0.15, -0.1) is 0 Å². The number of ether oxygens (including phenoxy) is 2. The van der Waals surface area contributed by atoms with Crippen LogP contribution in [0.1, 0.15) is 12.0 Å². The van der Waals surface area contributed by atoms with E-state index in [1.807, 2.05) is 0 Å². The van der Waals surface area contributed by atoms with Crippen LogP contribution in [-0.4, -0.2) is 36.8 Å². The summed E-state index contributed by atoms with van der Waals surface area (Å²) in [5.74, 6) is -1.04. The number of esters is 1. The van der Waals surface area contributed by atoms with Crippen molar-refractivity contribution in [2.75, 3.05) is 13.6 Å². The maximum atomic E-state index is 13.5. The molecule has 1 rings (SSSR count). The van der Waals surface area contributed by atoms with E-state index in [1.165, 1.54) is 19.2 Å². The first-order chi connectivity index (χ1) is 8.52. The minimum absolute atomic E-state index is 0.0649. The lowest BCUT2D eigenvalue weighted by atomic mass is 9.95. The summed E-state index contributed by atoms with van der Waals surface area (Å²) >= 11 is 0. The molecule has 0 radical (unpaired) electrons. The smallest absolute Gasteiger partial charge is 0.491 e. The number of carbonyl (C=O) groups is 1. The van der Waals surface area contributed by atoms with Gasteiger partial charge in [0.2, 0.25) is 0 Å². The third kappa shape index (κ3) is 4.73. The molecule has 0 aliphatic carbocycles. The third-order valence-electron chi connectivity index (χ3n) is 2.23. The maximum absolute atomic E-state index is 13.5. The van der Waals surface area contributed by atoms with Crippen LogP contribution in [0.15, 0.2) is 18.2 Å². The molecule has 0 aliphatic heterocycles. The lowest BCUT2D eigenvalue weighted by molar-refractivity contribution is -0.140. The van der Waals surface area contributed by atoms with Gasteiger partial charge in [-0.05, 0) is 24.1 Å². The van der Waals surface area contributed by atoms with Crippen LogP contribution < -0.4 is 4.74 Å². The van der Waals surface area contributed by atoms with Crippen LogP contribution in [0.5, 0.6) is 5.75 Å². The van der Waals surface area contributed by atoms with Crippen molar-refractivity contribution < 1.29 is 28.7 Å². The summed E-state index contributed by atoms with van der Waals surface area (Å²) in [5, 5.41) is 17.2. The van der Waals surface area contributed by atoms with Crippen molar-refractivity contribution in [1.82, 2.24) is 0 Å². The zero-order valence-corrected chi connectivity index (χ0v) is 9.93. The molecule has 18 heavy (non-hydrogen) atoms. The third-order valence-corrected chi connectivity index (χ3v) is 2.23. The van der Waals surface area contributed by atoms with Gasteiger partial charge in [0.25, 0.3) is 0 Å².